The topological polar surface area (TPSA) is 42.0 Å². The van der Waals surface area contributed by atoms with E-state index < -0.39 is 0 Å². The monoisotopic (exact) mass is 224 g/mol. The molecule has 1 aromatic carbocycles. The lowest BCUT2D eigenvalue weighted by atomic mass is 10.1. The van der Waals surface area contributed by atoms with Crippen molar-refractivity contribution in [1.82, 2.24) is 4.98 Å². The number of nitrogens with zero attached hydrogens (tertiary/aromatic N) is 1. The SMILES string of the molecule is C=CC(=O)Nc1cc(-c2ccccc2)ccn1. The Balaban J connectivity index is 2.29. The first-order valence-electron chi connectivity index (χ1n) is 5.24. The van der Waals surface area contributed by atoms with E-state index in [4.69, 9.17) is 0 Å². The smallest absolute Gasteiger partial charge is 0.248 e. The summed E-state index contributed by atoms with van der Waals surface area (Å²) < 4.78 is 0. The van der Waals surface area contributed by atoms with Crippen LogP contribution >= 0.6 is 0 Å². The maximum absolute atomic E-state index is 11.2. The maximum atomic E-state index is 11.2. The Morgan fingerprint density at radius 3 is 2.65 bits per heavy atom. The lowest BCUT2D eigenvalue weighted by Gasteiger charge is -2.04. The number of hydrogen-bond acceptors (Lipinski definition) is 2. The van der Waals surface area contributed by atoms with Crippen LogP contribution in [0.4, 0.5) is 5.82 Å². The number of hydrogen-bond donors (Lipinski definition) is 1. The van der Waals surface area contributed by atoms with Gasteiger partial charge in [0, 0.05) is 6.20 Å². The number of nitrogens with one attached hydrogen (secondary N) is 1. The van der Waals surface area contributed by atoms with Gasteiger partial charge in [-0.3, -0.25) is 4.79 Å². The van der Waals surface area contributed by atoms with Gasteiger partial charge in [-0.15, -0.1) is 0 Å². The average Bonchev–Trinajstić information content (AvgIpc) is 2.40. The van der Waals surface area contributed by atoms with Crippen LogP contribution in [0.15, 0.2) is 61.3 Å². The Morgan fingerprint density at radius 2 is 1.94 bits per heavy atom. The Morgan fingerprint density at radius 1 is 1.18 bits per heavy atom. The van der Waals surface area contributed by atoms with E-state index in [0.717, 1.165) is 11.1 Å². The van der Waals surface area contributed by atoms with Crippen molar-refractivity contribution in [3.8, 4) is 11.1 Å². The van der Waals surface area contributed by atoms with Gasteiger partial charge in [0.25, 0.3) is 0 Å². The first-order valence-corrected chi connectivity index (χ1v) is 5.24. The number of anilines is 1. The molecular formula is C14H12N2O. The summed E-state index contributed by atoms with van der Waals surface area (Å²) in [6.07, 6.45) is 2.89. The van der Waals surface area contributed by atoms with E-state index in [-0.39, 0.29) is 5.91 Å². The molecule has 0 saturated carbocycles. The molecule has 0 aliphatic heterocycles. The fourth-order valence-corrected chi connectivity index (χ4v) is 1.49. The van der Waals surface area contributed by atoms with E-state index in [1.165, 1.54) is 6.08 Å². The van der Waals surface area contributed by atoms with Crippen molar-refractivity contribution in [3.63, 3.8) is 0 Å². The molecule has 0 saturated heterocycles. The molecule has 2 rings (SSSR count). The van der Waals surface area contributed by atoms with Gasteiger partial charge < -0.3 is 5.32 Å². The predicted octanol–water partition coefficient (Wildman–Crippen LogP) is 2.87. The second kappa shape index (κ2) is 5.07. The first-order chi connectivity index (χ1) is 8.29. The van der Waals surface area contributed by atoms with Gasteiger partial charge in [0.2, 0.25) is 5.91 Å². The Hall–Kier alpha value is -2.42. The lowest BCUT2D eigenvalue weighted by Crippen LogP contribution is -2.08. The van der Waals surface area contributed by atoms with Crippen molar-refractivity contribution in [2.45, 2.75) is 0 Å². The number of benzene rings is 1. The van der Waals surface area contributed by atoms with Crippen LogP contribution in [0.5, 0.6) is 0 Å². The first kappa shape index (κ1) is 11.1. The molecule has 17 heavy (non-hydrogen) atoms. The van der Waals surface area contributed by atoms with Crippen LogP contribution in [0.3, 0.4) is 0 Å². The highest BCUT2D eigenvalue weighted by molar-refractivity contribution is 5.98. The average molecular weight is 224 g/mol. The van der Waals surface area contributed by atoms with Gasteiger partial charge >= 0.3 is 0 Å². The summed E-state index contributed by atoms with van der Waals surface area (Å²) in [5.41, 5.74) is 2.10. The molecular weight excluding hydrogens is 212 g/mol. The third-order valence-electron chi connectivity index (χ3n) is 2.30. The summed E-state index contributed by atoms with van der Waals surface area (Å²) >= 11 is 0. The Kier molecular flexibility index (Phi) is 3.31. The molecule has 1 N–H and O–H groups in total. The van der Waals surface area contributed by atoms with Crippen molar-refractivity contribution in [1.29, 1.82) is 0 Å². The van der Waals surface area contributed by atoms with Gasteiger partial charge in [-0.25, -0.2) is 4.98 Å². The molecule has 0 bridgehead atoms. The van der Waals surface area contributed by atoms with Crippen molar-refractivity contribution < 1.29 is 4.79 Å². The van der Waals surface area contributed by atoms with E-state index in [2.05, 4.69) is 16.9 Å². The highest BCUT2D eigenvalue weighted by Gasteiger charge is 2.01. The van der Waals surface area contributed by atoms with Crippen molar-refractivity contribution in [2.24, 2.45) is 0 Å². The molecule has 84 valence electrons. The van der Waals surface area contributed by atoms with Gasteiger partial charge in [-0.2, -0.15) is 0 Å². The fraction of sp³-hybridized carbons (Fsp3) is 0. The van der Waals surface area contributed by atoms with Crippen molar-refractivity contribution in [3.05, 3.63) is 61.3 Å². The number of rotatable bonds is 3. The minimum Gasteiger partial charge on any atom is -0.307 e. The Bertz CT molecular complexity index is 535. The molecule has 3 nitrogen and oxygen atoms in total. The minimum atomic E-state index is -0.261. The quantitative estimate of drug-likeness (QED) is 0.814. The normalized spacial score (nSPS) is 9.65. The summed E-state index contributed by atoms with van der Waals surface area (Å²) in [5.74, 6) is 0.263. The summed E-state index contributed by atoms with van der Waals surface area (Å²) in [7, 11) is 0. The molecule has 0 unspecified atom stereocenters. The zero-order valence-corrected chi connectivity index (χ0v) is 9.26. The second-order valence-corrected chi connectivity index (χ2v) is 3.49. The maximum Gasteiger partial charge on any atom is 0.248 e. The van der Waals surface area contributed by atoms with E-state index in [9.17, 15) is 4.79 Å². The summed E-state index contributed by atoms with van der Waals surface area (Å²) in [5, 5.41) is 2.63. The van der Waals surface area contributed by atoms with Gasteiger partial charge in [0.15, 0.2) is 0 Å². The van der Waals surface area contributed by atoms with Crippen LogP contribution in [-0.2, 0) is 4.79 Å². The van der Waals surface area contributed by atoms with Crippen LogP contribution in [-0.4, -0.2) is 10.9 Å². The van der Waals surface area contributed by atoms with E-state index in [1.807, 2.05) is 42.5 Å². The largest absolute Gasteiger partial charge is 0.307 e. The molecule has 0 aliphatic rings. The summed E-state index contributed by atoms with van der Waals surface area (Å²) in [6, 6.07) is 13.7. The zero-order valence-electron chi connectivity index (χ0n) is 9.26. The third-order valence-corrected chi connectivity index (χ3v) is 2.30. The van der Waals surface area contributed by atoms with Gasteiger partial charge in [0.1, 0.15) is 5.82 Å². The van der Waals surface area contributed by atoms with Crippen LogP contribution in [0.1, 0.15) is 0 Å². The van der Waals surface area contributed by atoms with E-state index >= 15 is 0 Å². The molecule has 3 heteroatoms. The van der Waals surface area contributed by atoms with Gasteiger partial charge in [0.05, 0.1) is 0 Å². The van der Waals surface area contributed by atoms with Crippen LogP contribution in [0.25, 0.3) is 11.1 Å². The molecule has 1 amide bonds. The molecule has 0 aliphatic carbocycles. The molecule has 0 atom stereocenters. The molecule has 0 radical (unpaired) electrons. The number of carbonyl (C=O) groups is 1. The summed E-state index contributed by atoms with van der Waals surface area (Å²) in [4.78, 5) is 15.2. The van der Waals surface area contributed by atoms with Crippen LogP contribution in [0.2, 0.25) is 0 Å². The number of aromatic nitrogens is 1. The third kappa shape index (κ3) is 2.78. The van der Waals surface area contributed by atoms with Crippen molar-refractivity contribution >= 4 is 11.7 Å². The lowest BCUT2D eigenvalue weighted by molar-refractivity contribution is -0.111. The molecule has 1 aromatic heterocycles. The minimum absolute atomic E-state index is 0.261. The molecule has 2 aromatic rings. The van der Waals surface area contributed by atoms with Gasteiger partial charge in [-0.05, 0) is 29.3 Å². The predicted molar refractivity (Wildman–Crippen MR) is 68.5 cm³/mol. The zero-order chi connectivity index (χ0) is 12.1. The second-order valence-electron chi connectivity index (χ2n) is 3.49. The van der Waals surface area contributed by atoms with E-state index in [1.54, 1.807) is 6.20 Å². The molecule has 0 spiro atoms. The highest BCUT2D eigenvalue weighted by atomic mass is 16.1. The number of amides is 1. The standard InChI is InChI=1S/C14H12N2O/c1-2-14(17)16-13-10-12(8-9-15-13)11-6-4-3-5-7-11/h2-10H,1H2,(H,15,16,17). The van der Waals surface area contributed by atoms with Crippen molar-refractivity contribution in [2.75, 3.05) is 5.32 Å². The fourth-order valence-electron chi connectivity index (χ4n) is 1.49. The van der Waals surface area contributed by atoms with Gasteiger partial charge in [-0.1, -0.05) is 36.9 Å². The number of pyridine rings is 1. The summed E-state index contributed by atoms with van der Waals surface area (Å²) in [6.45, 7) is 3.40. The number of carbonyl (C=O) groups excluding carboxylic acids is 1. The highest BCUT2D eigenvalue weighted by Crippen LogP contribution is 2.20. The Labute approximate surface area is 99.8 Å². The van der Waals surface area contributed by atoms with Crippen LogP contribution in [0, 0.1) is 0 Å². The molecule has 1 heterocycles. The molecule has 0 fully saturated rings. The van der Waals surface area contributed by atoms with E-state index in [0.29, 0.717) is 5.82 Å². The van der Waals surface area contributed by atoms with Crippen LogP contribution < -0.4 is 5.32 Å².